The van der Waals surface area contributed by atoms with Gasteiger partial charge in [-0.25, -0.2) is 4.79 Å². The molecule has 1 atom stereocenters. The van der Waals surface area contributed by atoms with Crippen LogP contribution >= 0.6 is 0 Å². The highest BCUT2D eigenvalue weighted by molar-refractivity contribution is 5.84. The maximum Gasteiger partial charge on any atom is 0.326 e. The van der Waals surface area contributed by atoms with Gasteiger partial charge in [0.05, 0.1) is 6.42 Å². The molecule has 0 fully saturated rings. The van der Waals surface area contributed by atoms with Crippen LogP contribution in [0.2, 0.25) is 0 Å². The van der Waals surface area contributed by atoms with Gasteiger partial charge in [-0.2, -0.15) is 0 Å². The number of benzene rings is 1. The van der Waals surface area contributed by atoms with Crippen molar-refractivity contribution in [1.29, 1.82) is 0 Å². The second-order valence-corrected chi connectivity index (χ2v) is 3.53. The van der Waals surface area contributed by atoms with E-state index in [1.54, 1.807) is 6.92 Å². The summed E-state index contributed by atoms with van der Waals surface area (Å²) in [6.45, 7) is 1.72. The molecule has 4 heteroatoms. The molecule has 0 saturated carbocycles. The van der Waals surface area contributed by atoms with E-state index in [0.717, 1.165) is 5.56 Å². The molecular formula is C12H15NO3. The van der Waals surface area contributed by atoms with E-state index in [0.29, 0.717) is 6.42 Å². The third-order valence-corrected chi connectivity index (χ3v) is 2.25. The van der Waals surface area contributed by atoms with Gasteiger partial charge < -0.3 is 10.4 Å². The van der Waals surface area contributed by atoms with Crippen molar-refractivity contribution >= 4 is 11.9 Å². The normalized spacial score (nSPS) is 11.8. The second-order valence-electron chi connectivity index (χ2n) is 3.53. The smallest absolute Gasteiger partial charge is 0.326 e. The molecule has 0 bridgehead atoms. The Labute approximate surface area is 94.3 Å². The number of hydrogen-bond acceptors (Lipinski definition) is 2. The molecule has 1 rings (SSSR count). The molecular weight excluding hydrogens is 206 g/mol. The Balaban J connectivity index is 2.50. The largest absolute Gasteiger partial charge is 0.480 e. The van der Waals surface area contributed by atoms with Gasteiger partial charge in [-0.15, -0.1) is 0 Å². The molecule has 86 valence electrons. The summed E-state index contributed by atoms with van der Waals surface area (Å²) in [5.41, 5.74) is 0.875. The van der Waals surface area contributed by atoms with Gasteiger partial charge in [0.1, 0.15) is 6.04 Å². The molecule has 0 aliphatic rings. The summed E-state index contributed by atoms with van der Waals surface area (Å²) in [5.74, 6) is -1.26. The van der Waals surface area contributed by atoms with Gasteiger partial charge in [0, 0.05) is 0 Å². The number of rotatable bonds is 5. The maximum atomic E-state index is 11.5. The first-order valence-corrected chi connectivity index (χ1v) is 5.19. The first-order valence-electron chi connectivity index (χ1n) is 5.19. The molecule has 1 amide bonds. The van der Waals surface area contributed by atoms with Crippen LogP contribution in [0.25, 0.3) is 0 Å². The van der Waals surface area contributed by atoms with Crippen molar-refractivity contribution in [3.63, 3.8) is 0 Å². The minimum absolute atomic E-state index is 0.213. The Kier molecular flexibility index (Phi) is 4.51. The SMILES string of the molecule is CCC(NC(=O)Cc1ccccc1)C(=O)O. The predicted molar refractivity (Wildman–Crippen MR) is 60.0 cm³/mol. The zero-order chi connectivity index (χ0) is 12.0. The molecule has 4 nitrogen and oxygen atoms in total. The van der Waals surface area contributed by atoms with Crippen LogP contribution in [-0.2, 0) is 16.0 Å². The van der Waals surface area contributed by atoms with Crippen molar-refractivity contribution in [2.75, 3.05) is 0 Å². The molecule has 1 unspecified atom stereocenters. The zero-order valence-electron chi connectivity index (χ0n) is 9.14. The topological polar surface area (TPSA) is 66.4 Å². The molecule has 0 heterocycles. The molecule has 0 aliphatic carbocycles. The molecule has 1 aromatic carbocycles. The molecule has 0 saturated heterocycles. The van der Waals surface area contributed by atoms with Crippen LogP contribution in [0.5, 0.6) is 0 Å². The summed E-state index contributed by atoms with van der Waals surface area (Å²) in [6, 6.07) is 8.43. The third kappa shape index (κ3) is 3.73. The van der Waals surface area contributed by atoms with Gasteiger partial charge >= 0.3 is 5.97 Å². The highest BCUT2D eigenvalue weighted by Gasteiger charge is 2.17. The summed E-state index contributed by atoms with van der Waals surface area (Å²) >= 11 is 0. The van der Waals surface area contributed by atoms with Gasteiger partial charge in [0.15, 0.2) is 0 Å². The van der Waals surface area contributed by atoms with Crippen LogP contribution in [-0.4, -0.2) is 23.0 Å². The minimum Gasteiger partial charge on any atom is -0.480 e. The van der Waals surface area contributed by atoms with Crippen LogP contribution in [0.3, 0.4) is 0 Å². The number of amides is 1. The molecule has 1 aromatic rings. The Hall–Kier alpha value is -1.84. The van der Waals surface area contributed by atoms with E-state index < -0.39 is 12.0 Å². The summed E-state index contributed by atoms with van der Waals surface area (Å²) < 4.78 is 0. The van der Waals surface area contributed by atoms with Gasteiger partial charge in [-0.3, -0.25) is 4.79 Å². The fourth-order valence-corrected chi connectivity index (χ4v) is 1.37. The first-order chi connectivity index (χ1) is 7.63. The molecule has 2 N–H and O–H groups in total. The lowest BCUT2D eigenvalue weighted by Gasteiger charge is -2.11. The standard InChI is InChI=1S/C12H15NO3/c1-2-10(12(15)16)13-11(14)8-9-6-4-3-5-7-9/h3-7,10H,2,8H2,1H3,(H,13,14)(H,15,16). The van der Waals surface area contributed by atoms with Crippen LogP contribution in [0.1, 0.15) is 18.9 Å². The van der Waals surface area contributed by atoms with Crippen molar-refractivity contribution in [2.45, 2.75) is 25.8 Å². The molecule has 0 spiro atoms. The van der Waals surface area contributed by atoms with Crippen LogP contribution in [0.4, 0.5) is 0 Å². The molecule has 16 heavy (non-hydrogen) atoms. The Morgan fingerprint density at radius 2 is 1.94 bits per heavy atom. The predicted octanol–water partition coefficient (Wildman–Crippen LogP) is 1.21. The van der Waals surface area contributed by atoms with Gasteiger partial charge in [0.25, 0.3) is 0 Å². The highest BCUT2D eigenvalue weighted by Crippen LogP contribution is 2.00. The lowest BCUT2D eigenvalue weighted by molar-refractivity contribution is -0.141. The Morgan fingerprint density at radius 3 is 2.44 bits per heavy atom. The number of aliphatic carboxylic acids is 1. The quantitative estimate of drug-likeness (QED) is 0.785. The number of nitrogens with one attached hydrogen (secondary N) is 1. The van der Waals surface area contributed by atoms with Crippen molar-refractivity contribution in [2.24, 2.45) is 0 Å². The second kappa shape index (κ2) is 5.90. The average Bonchev–Trinajstić information content (AvgIpc) is 2.27. The minimum atomic E-state index is -0.996. The average molecular weight is 221 g/mol. The summed E-state index contributed by atoms with van der Waals surface area (Å²) in [5, 5.41) is 11.2. The number of carbonyl (C=O) groups excluding carboxylic acids is 1. The van der Waals surface area contributed by atoms with Crippen LogP contribution < -0.4 is 5.32 Å². The fourth-order valence-electron chi connectivity index (χ4n) is 1.37. The maximum absolute atomic E-state index is 11.5. The fraction of sp³-hybridized carbons (Fsp3) is 0.333. The summed E-state index contributed by atoms with van der Waals surface area (Å²) in [7, 11) is 0. The van der Waals surface area contributed by atoms with Gasteiger partial charge in [-0.1, -0.05) is 37.3 Å². The third-order valence-electron chi connectivity index (χ3n) is 2.25. The number of hydrogen-bond donors (Lipinski definition) is 2. The summed E-state index contributed by atoms with van der Waals surface area (Å²) in [4.78, 5) is 22.2. The van der Waals surface area contributed by atoms with Crippen molar-refractivity contribution in [3.8, 4) is 0 Å². The molecule has 0 radical (unpaired) electrons. The van der Waals surface area contributed by atoms with Crippen molar-refractivity contribution < 1.29 is 14.7 Å². The van der Waals surface area contributed by atoms with Gasteiger partial charge in [-0.05, 0) is 12.0 Å². The van der Waals surface area contributed by atoms with E-state index in [1.807, 2.05) is 30.3 Å². The van der Waals surface area contributed by atoms with Crippen LogP contribution in [0.15, 0.2) is 30.3 Å². The van der Waals surface area contributed by atoms with Gasteiger partial charge in [0.2, 0.25) is 5.91 Å². The highest BCUT2D eigenvalue weighted by atomic mass is 16.4. The van der Waals surface area contributed by atoms with E-state index in [1.165, 1.54) is 0 Å². The van der Waals surface area contributed by atoms with E-state index in [-0.39, 0.29) is 12.3 Å². The number of carboxylic acids is 1. The molecule has 0 aromatic heterocycles. The van der Waals surface area contributed by atoms with E-state index >= 15 is 0 Å². The lowest BCUT2D eigenvalue weighted by atomic mass is 10.1. The van der Waals surface area contributed by atoms with E-state index in [9.17, 15) is 9.59 Å². The number of carboxylic acid groups (broad SMARTS) is 1. The number of carbonyl (C=O) groups is 2. The van der Waals surface area contributed by atoms with Crippen LogP contribution in [0, 0.1) is 0 Å². The Bertz CT molecular complexity index is 362. The van der Waals surface area contributed by atoms with E-state index in [4.69, 9.17) is 5.11 Å². The van der Waals surface area contributed by atoms with Crippen molar-refractivity contribution in [1.82, 2.24) is 5.32 Å². The molecule has 0 aliphatic heterocycles. The Morgan fingerprint density at radius 1 is 1.31 bits per heavy atom. The zero-order valence-corrected chi connectivity index (χ0v) is 9.14. The van der Waals surface area contributed by atoms with E-state index in [2.05, 4.69) is 5.32 Å². The monoisotopic (exact) mass is 221 g/mol. The first kappa shape index (κ1) is 12.2. The lowest BCUT2D eigenvalue weighted by Crippen LogP contribution is -2.40. The summed E-state index contributed by atoms with van der Waals surface area (Å²) in [6.07, 6.45) is 0.598. The van der Waals surface area contributed by atoms with Crippen molar-refractivity contribution in [3.05, 3.63) is 35.9 Å².